The summed E-state index contributed by atoms with van der Waals surface area (Å²) in [6.07, 6.45) is -4.88. The molecule has 3 aromatic carbocycles. The Morgan fingerprint density at radius 1 is 0.615 bits per heavy atom. The Labute approximate surface area is 306 Å². The van der Waals surface area contributed by atoms with Crippen molar-refractivity contribution < 1.29 is 47.6 Å². The number of rotatable bonds is 16. The molecule has 282 valence electrons. The van der Waals surface area contributed by atoms with Gasteiger partial charge in [0.25, 0.3) is 5.91 Å². The van der Waals surface area contributed by atoms with Crippen molar-refractivity contribution in [3.05, 3.63) is 108 Å². The van der Waals surface area contributed by atoms with Crippen molar-refractivity contribution in [3.63, 3.8) is 0 Å². The lowest BCUT2D eigenvalue weighted by Crippen LogP contribution is -2.62. The summed E-state index contributed by atoms with van der Waals surface area (Å²) in [5.74, 6) is -1.09. The second kappa shape index (κ2) is 19.5. The number of hydrogen-bond acceptors (Lipinski definition) is 10. The lowest BCUT2D eigenvalue weighted by Gasteiger charge is -2.46. The minimum atomic E-state index is -0.840. The SMILES string of the molecule is CC(C)(C)OC(=O)C[C@H]1OC(CONC(=O)CNC(=O)OC(C)(C)C)[C@@H](OCc2ccccc2)C(OCc2ccccc2)C1OCc1ccccc1. The molecule has 3 aromatic rings. The average molecular weight is 721 g/mol. The fourth-order valence-electron chi connectivity index (χ4n) is 5.44. The molecule has 4 rings (SSSR count). The van der Waals surface area contributed by atoms with E-state index in [4.69, 9.17) is 33.3 Å². The number of carbonyl (C=O) groups excluding carboxylic acids is 3. The van der Waals surface area contributed by atoms with Gasteiger partial charge in [0.05, 0.1) is 32.3 Å². The molecule has 1 fully saturated rings. The molecule has 5 atom stereocenters. The van der Waals surface area contributed by atoms with Crippen LogP contribution >= 0.6 is 0 Å². The number of ether oxygens (including phenoxy) is 6. The molecule has 0 aliphatic carbocycles. The van der Waals surface area contributed by atoms with E-state index in [0.29, 0.717) is 0 Å². The number of esters is 1. The molecule has 0 bridgehead atoms. The molecule has 52 heavy (non-hydrogen) atoms. The van der Waals surface area contributed by atoms with Crippen LogP contribution in [-0.2, 0) is 62.7 Å². The van der Waals surface area contributed by atoms with Gasteiger partial charge in [0, 0.05) is 0 Å². The summed E-state index contributed by atoms with van der Waals surface area (Å²) < 4.78 is 37.3. The molecule has 0 spiro atoms. The van der Waals surface area contributed by atoms with Gasteiger partial charge in [-0.25, -0.2) is 10.3 Å². The Balaban J connectivity index is 1.60. The number of benzene rings is 3. The first-order valence-corrected chi connectivity index (χ1v) is 17.5. The fraction of sp³-hybridized carbons (Fsp3) is 0.475. The number of nitrogens with one attached hydrogen (secondary N) is 2. The van der Waals surface area contributed by atoms with E-state index < -0.39 is 59.7 Å². The van der Waals surface area contributed by atoms with Crippen molar-refractivity contribution in [2.45, 2.75) is 110 Å². The largest absolute Gasteiger partial charge is 0.460 e. The molecule has 1 aliphatic rings. The molecule has 1 saturated heterocycles. The molecule has 0 aromatic heterocycles. The molecule has 0 radical (unpaired) electrons. The molecular weight excluding hydrogens is 668 g/mol. The monoisotopic (exact) mass is 720 g/mol. The van der Waals surface area contributed by atoms with Crippen molar-refractivity contribution in [1.29, 1.82) is 0 Å². The normalized spacial score (nSPS) is 20.5. The van der Waals surface area contributed by atoms with Gasteiger partial charge in [0.15, 0.2) is 0 Å². The zero-order valence-electron chi connectivity index (χ0n) is 30.9. The Morgan fingerprint density at radius 3 is 1.52 bits per heavy atom. The minimum Gasteiger partial charge on any atom is -0.460 e. The number of hydrogen-bond donors (Lipinski definition) is 2. The summed E-state index contributed by atoms with van der Waals surface area (Å²) in [4.78, 5) is 43.6. The summed E-state index contributed by atoms with van der Waals surface area (Å²) in [6.45, 7) is 10.7. The minimum absolute atomic E-state index is 0.143. The van der Waals surface area contributed by atoms with Gasteiger partial charge in [-0.3, -0.25) is 14.4 Å². The van der Waals surface area contributed by atoms with Crippen molar-refractivity contribution in [2.75, 3.05) is 13.2 Å². The van der Waals surface area contributed by atoms with Crippen LogP contribution in [0.15, 0.2) is 91.0 Å². The first-order valence-electron chi connectivity index (χ1n) is 17.5. The molecule has 12 heteroatoms. The van der Waals surface area contributed by atoms with Crippen LogP contribution in [0.1, 0.15) is 64.7 Å². The second-order valence-electron chi connectivity index (χ2n) is 14.5. The van der Waals surface area contributed by atoms with Crippen LogP contribution in [-0.4, -0.2) is 72.8 Å². The zero-order valence-corrected chi connectivity index (χ0v) is 30.9. The third-order valence-electron chi connectivity index (χ3n) is 7.60. The summed E-state index contributed by atoms with van der Waals surface area (Å²) >= 11 is 0. The topological polar surface area (TPSA) is 140 Å². The maximum Gasteiger partial charge on any atom is 0.408 e. The highest BCUT2D eigenvalue weighted by Crippen LogP contribution is 2.32. The summed E-state index contributed by atoms with van der Waals surface area (Å²) in [5, 5.41) is 2.40. The third kappa shape index (κ3) is 14.4. The van der Waals surface area contributed by atoms with Crippen LogP contribution in [0.5, 0.6) is 0 Å². The van der Waals surface area contributed by atoms with Crippen molar-refractivity contribution in [1.82, 2.24) is 10.8 Å². The number of hydroxylamine groups is 1. The molecule has 1 heterocycles. The number of alkyl carbamates (subject to hydrolysis) is 1. The Hall–Kier alpha value is -4.33. The standard InChI is InChI=1S/C40H52N2O10/c1-39(2,3)51-34(44)22-31-35(46-24-28-16-10-7-11-17-28)37(48-26-30-20-14-9-15-21-30)36(47-25-29-18-12-8-13-19-29)32(50-31)27-49-42-33(43)23-41-38(45)52-40(4,5)6/h7-21,31-32,35-37H,22-27H2,1-6H3,(H,41,45)(H,42,43)/t31-,32?,35?,36-,37?/m1/s1. The Kier molecular flexibility index (Phi) is 15.2. The van der Waals surface area contributed by atoms with E-state index in [1.165, 1.54) is 0 Å². The highest BCUT2D eigenvalue weighted by atomic mass is 16.7. The molecule has 0 saturated carbocycles. The average Bonchev–Trinajstić information content (AvgIpc) is 3.08. The van der Waals surface area contributed by atoms with Crippen molar-refractivity contribution in [2.24, 2.45) is 0 Å². The molecular formula is C40H52N2O10. The van der Waals surface area contributed by atoms with E-state index in [0.717, 1.165) is 16.7 Å². The van der Waals surface area contributed by atoms with Crippen LogP contribution in [0.25, 0.3) is 0 Å². The lowest BCUT2D eigenvalue weighted by atomic mass is 9.92. The maximum absolute atomic E-state index is 13.3. The molecule has 2 amide bonds. The maximum atomic E-state index is 13.3. The quantitative estimate of drug-likeness (QED) is 0.138. The van der Waals surface area contributed by atoms with Gasteiger partial charge in [0.1, 0.15) is 48.8 Å². The molecule has 2 N–H and O–H groups in total. The highest BCUT2D eigenvalue weighted by Gasteiger charge is 2.49. The summed E-state index contributed by atoms with van der Waals surface area (Å²) in [5.41, 5.74) is 3.68. The van der Waals surface area contributed by atoms with Crippen LogP contribution in [0.4, 0.5) is 4.79 Å². The van der Waals surface area contributed by atoms with Gasteiger partial charge in [-0.15, -0.1) is 0 Å². The van der Waals surface area contributed by atoms with Gasteiger partial charge in [-0.05, 0) is 58.2 Å². The molecule has 12 nitrogen and oxygen atoms in total. The summed E-state index contributed by atoms with van der Waals surface area (Å²) in [7, 11) is 0. The second-order valence-corrected chi connectivity index (χ2v) is 14.5. The zero-order chi connectivity index (χ0) is 37.6. The Morgan fingerprint density at radius 2 is 1.06 bits per heavy atom. The number of amides is 2. The lowest BCUT2D eigenvalue weighted by molar-refractivity contribution is -0.275. The molecule has 3 unspecified atom stereocenters. The van der Waals surface area contributed by atoms with E-state index in [-0.39, 0.29) is 39.4 Å². The van der Waals surface area contributed by atoms with E-state index >= 15 is 0 Å². The first kappa shape index (κ1) is 40.4. The van der Waals surface area contributed by atoms with E-state index in [1.54, 1.807) is 41.5 Å². The number of carbonyl (C=O) groups is 3. The summed E-state index contributed by atoms with van der Waals surface area (Å²) in [6, 6.07) is 29.0. The predicted octanol–water partition coefficient (Wildman–Crippen LogP) is 5.81. The fourth-order valence-corrected chi connectivity index (χ4v) is 5.44. The van der Waals surface area contributed by atoms with Gasteiger partial charge in [-0.1, -0.05) is 91.0 Å². The van der Waals surface area contributed by atoms with Gasteiger partial charge in [-0.2, -0.15) is 0 Å². The van der Waals surface area contributed by atoms with Crippen LogP contribution in [0.3, 0.4) is 0 Å². The first-order chi connectivity index (χ1) is 24.8. The van der Waals surface area contributed by atoms with Crippen LogP contribution in [0.2, 0.25) is 0 Å². The van der Waals surface area contributed by atoms with E-state index in [2.05, 4.69) is 10.8 Å². The van der Waals surface area contributed by atoms with Gasteiger partial charge >= 0.3 is 12.1 Å². The molecule has 1 aliphatic heterocycles. The van der Waals surface area contributed by atoms with Gasteiger partial charge in [0.2, 0.25) is 0 Å². The highest BCUT2D eigenvalue weighted by molar-refractivity contribution is 5.81. The van der Waals surface area contributed by atoms with Crippen LogP contribution in [0, 0.1) is 0 Å². The van der Waals surface area contributed by atoms with Crippen LogP contribution < -0.4 is 10.8 Å². The third-order valence-corrected chi connectivity index (χ3v) is 7.60. The Bertz CT molecular complexity index is 1530. The van der Waals surface area contributed by atoms with E-state index in [9.17, 15) is 14.4 Å². The van der Waals surface area contributed by atoms with Crippen molar-refractivity contribution in [3.8, 4) is 0 Å². The van der Waals surface area contributed by atoms with Crippen molar-refractivity contribution >= 4 is 18.0 Å². The van der Waals surface area contributed by atoms with Gasteiger partial charge < -0.3 is 33.7 Å². The smallest absolute Gasteiger partial charge is 0.408 e. The predicted molar refractivity (Wildman–Crippen MR) is 193 cm³/mol. The van der Waals surface area contributed by atoms with E-state index in [1.807, 2.05) is 91.0 Å².